The number of rotatable bonds is 6. The van der Waals surface area contributed by atoms with E-state index in [0.29, 0.717) is 16.7 Å². The highest BCUT2D eigenvalue weighted by atomic mass is 32.2. The monoisotopic (exact) mass is 447 g/mol. The number of nitrogens with one attached hydrogen (secondary N) is 1. The lowest BCUT2D eigenvalue weighted by atomic mass is 10.1. The van der Waals surface area contributed by atoms with Gasteiger partial charge in [-0.25, -0.2) is 4.39 Å². The Kier molecular flexibility index (Phi) is 6.20. The smallest absolute Gasteiger partial charge is 0.294 e. The number of methoxy groups -OCH3 is 1. The van der Waals surface area contributed by atoms with Gasteiger partial charge in [0.05, 0.1) is 23.0 Å². The van der Waals surface area contributed by atoms with Crippen LogP contribution in [0, 0.1) is 15.9 Å². The highest BCUT2D eigenvalue weighted by Gasteiger charge is 2.36. The van der Waals surface area contributed by atoms with E-state index in [0.717, 1.165) is 30.3 Å². The number of carbonyl (C=O) groups excluding carboxylic acids is 3. The zero-order valence-corrected chi connectivity index (χ0v) is 16.6. The van der Waals surface area contributed by atoms with Gasteiger partial charge in [0.2, 0.25) is 5.91 Å². The van der Waals surface area contributed by atoms with E-state index in [1.165, 1.54) is 19.2 Å². The Bertz CT molecular complexity index is 1120. The average molecular weight is 447 g/mol. The van der Waals surface area contributed by atoms with Crippen molar-refractivity contribution in [3.8, 4) is 11.5 Å². The number of nitrogens with zero attached hydrogens (tertiary/aromatic N) is 2. The van der Waals surface area contributed by atoms with Gasteiger partial charge in [-0.1, -0.05) is 0 Å². The standard InChI is InChI=1S/C19H14FN3O7S/c1-30-14-8-13(23(28)29)6-10(17(14)25)7-15-18(26)22(19(27)31-15)9-16(24)21-12-4-2-11(20)3-5-12/h2-8,25H,9H2,1H3,(H,21,24)/b15-7-. The van der Waals surface area contributed by atoms with Crippen molar-refractivity contribution in [3.63, 3.8) is 0 Å². The lowest BCUT2D eigenvalue weighted by Gasteiger charge is -2.12. The molecular formula is C19H14FN3O7S. The molecule has 12 heteroatoms. The van der Waals surface area contributed by atoms with Gasteiger partial charge in [-0.2, -0.15) is 0 Å². The summed E-state index contributed by atoms with van der Waals surface area (Å²) in [5.41, 5.74) is -0.214. The van der Waals surface area contributed by atoms with Gasteiger partial charge < -0.3 is 15.2 Å². The third-order valence-corrected chi connectivity index (χ3v) is 5.02. The summed E-state index contributed by atoms with van der Waals surface area (Å²) in [7, 11) is 1.20. The molecule has 3 amide bonds. The number of hydrogen-bond donors (Lipinski definition) is 2. The van der Waals surface area contributed by atoms with E-state index in [2.05, 4.69) is 5.32 Å². The van der Waals surface area contributed by atoms with Gasteiger partial charge in [0, 0.05) is 17.3 Å². The number of hydrogen-bond acceptors (Lipinski definition) is 8. The maximum atomic E-state index is 12.9. The maximum Gasteiger partial charge on any atom is 0.294 e. The number of phenolic OH excluding ortho intramolecular Hbond substituents is 1. The van der Waals surface area contributed by atoms with Crippen LogP contribution in [-0.4, -0.2) is 45.6 Å². The molecule has 2 N–H and O–H groups in total. The van der Waals surface area contributed by atoms with Gasteiger partial charge in [-0.05, 0) is 42.1 Å². The Morgan fingerprint density at radius 1 is 1.32 bits per heavy atom. The van der Waals surface area contributed by atoms with Crippen LogP contribution >= 0.6 is 11.8 Å². The first-order chi connectivity index (χ1) is 14.7. The molecule has 0 bridgehead atoms. The van der Waals surface area contributed by atoms with Crippen LogP contribution in [0.3, 0.4) is 0 Å². The van der Waals surface area contributed by atoms with Crippen molar-refractivity contribution in [3.05, 3.63) is 62.8 Å². The minimum absolute atomic E-state index is 0.104. The van der Waals surface area contributed by atoms with Crippen molar-refractivity contribution < 1.29 is 33.5 Å². The summed E-state index contributed by atoms with van der Waals surface area (Å²) in [6, 6.07) is 6.95. The minimum atomic E-state index is -0.811. The fourth-order valence-electron chi connectivity index (χ4n) is 2.64. The molecule has 0 atom stereocenters. The number of imide groups is 1. The van der Waals surface area contributed by atoms with Crippen molar-refractivity contribution in [1.29, 1.82) is 0 Å². The molecule has 3 rings (SSSR count). The molecule has 0 saturated carbocycles. The van der Waals surface area contributed by atoms with E-state index < -0.39 is 40.1 Å². The lowest BCUT2D eigenvalue weighted by Crippen LogP contribution is -2.36. The van der Waals surface area contributed by atoms with Crippen LogP contribution in [0.1, 0.15) is 5.56 Å². The highest BCUT2D eigenvalue weighted by Crippen LogP contribution is 2.39. The van der Waals surface area contributed by atoms with E-state index in [1.807, 2.05) is 0 Å². The minimum Gasteiger partial charge on any atom is -0.504 e. The number of phenols is 1. The molecule has 1 heterocycles. The van der Waals surface area contributed by atoms with Gasteiger partial charge >= 0.3 is 0 Å². The van der Waals surface area contributed by atoms with Crippen molar-refractivity contribution >= 4 is 46.3 Å². The van der Waals surface area contributed by atoms with Crippen molar-refractivity contribution in [2.45, 2.75) is 0 Å². The molecule has 2 aromatic carbocycles. The number of thioether (sulfide) groups is 1. The Hall–Kier alpha value is -3.93. The summed E-state index contributed by atoms with van der Waals surface area (Å²) in [5.74, 6) is -2.62. The lowest BCUT2D eigenvalue weighted by molar-refractivity contribution is -0.385. The van der Waals surface area contributed by atoms with Crippen LogP contribution in [0.25, 0.3) is 6.08 Å². The third kappa shape index (κ3) is 4.80. The molecule has 160 valence electrons. The summed E-state index contributed by atoms with van der Waals surface area (Å²) in [6.07, 6.45) is 1.10. The molecule has 31 heavy (non-hydrogen) atoms. The number of aromatic hydroxyl groups is 1. The first kappa shape index (κ1) is 21.8. The fraction of sp³-hybridized carbons (Fsp3) is 0.105. The first-order valence-corrected chi connectivity index (χ1v) is 9.37. The van der Waals surface area contributed by atoms with Gasteiger partial charge in [0.25, 0.3) is 16.8 Å². The van der Waals surface area contributed by atoms with Crippen LogP contribution in [0.4, 0.5) is 20.6 Å². The zero-order valence-electron chi connectivity index (χ0n) is 15.8. The van der Waals surface area contributed by atoms with Crippen molar-refractivity contribution in [2.24, 2.45) is 0 Å². The Labute approximate surface area is 178 Å². The largest absolute Gasteiger partial charge is 0.504 e. The van der Waals surface area contributed by atoms with Crippen LogP contribution in [0.15, 0.2) is 41.3 Å². The van der Waals surface area contributed by atoms with Gasteiger partial charge in [0.15, 0.2) is 11.5 Å². The third-order valence-electron chi connectivity index (χ3n) is 4.11. The second-order valence-corrected chi connectivity index (χ2v) is 7.16. The molecule has 1 aliphatic rings. The molecule has 2 aromatic rings. The molecule has 0 radical (unpaired) electrons. The Morgan fingerprint density at radius 2 is 2.00 bits per heavy atom. The Balaban J connectivity index is 1.80. The topological polar surface area (TPSA) is 139 Å². The van der Waals surface area contributed by atoms with E-state index >= 15 is 0 Å². The van der Waals surface area contributed by atoms with E-state index in [-0.39, 0.29) is 27.6 Å². The van der Waals surface area contributed by atoms with Gasteiger partial charge in [-0.15, -0.1) is 0 Å². The molecule has 0 aliphatic carbocycles. The van der Waals surface area contributed by atoms with Crippen LogP contribution in [0.5, 0.6) is 11.5 Å². The zero-order chi connectivity index (χ0) is 22.7. The number of nitro groups is 1. The van der Waals surface area contributed by atoms with Gasteiger partial charge in [-0.3, -0.25) is 29.4 Å². The SMILES string of the molecule is COc1cc([N+](=O)[O-])cc(/C=C2\SC(=O)N(CC(=O)Nc3ccc(F)cc3)C2=O)c1O. The molecule has 0 aromatic heterocycles. The highest BCUT2D eigenvalue weighted by molar-refractivity contribution is 8.18. The van der Waals surface area contributed by atoms with Crippen LogP contribution < -0.4 is 10.1 Å². The summed E-state index contributed by atoms with van der Waals surface area (Å²) in [4.78, 5) is 47.8. The molecule has 10 nitrogen and oxygen atoms in total. The fourth-order valence-corrected chi connectivity index (χ4v) is 3.47. The molecular weight excluding hydrogens is 433 g/mol. The normalized spacial score (nSPS) is 14.8. The Morgan fingerprint density at radius 3 is 2.61 bits per heavy atom. The van der Waals surface area contributed by atoms with Crippen LogP contribution in [-0.2, 0) is 9.59 Å². The molecule has 1 fully saturated rings. The number of benzene rings is 2. The predicted molar refractivity (Wildman–Crippen MR) is 109 cm³/mol. The number of non-ortho nitro benzene ring substituents is 1. The second kappa shape index (κ2) is 8.83. The number of anilines is 1. The summed E-state index contributed by atoms with van der Waals surface area (Å²) < 4.78 is 17.8. The first-order valence-electron chi connectivity index (χ1n) is 8.55. The predicted octanol–water partition coefficient (Wildman–Crippen LogP) is 3.12. The summed E-state index contributed by atoms with van der Waals surface area (Å²) >= 11 is 0.510. The van der Waals surface area contributed by atoms with E-state index in [1.54, 1.807) is 0 Å². The van der Waals surface area contributed by atoms with Crippen molar-refractivity contribution in [2.75, 3.05) is 19.0 Å². The van der Waals surface area contributed by atoms with Crippen LogP contribution in [0.2, 0.25) is 0 Å². The van der Waals surface area contributed by atoms with Crippen molar-refractivity contribution in [1.82, 2.24) is 4.90 Å². The average Bonchev–Trinajstić information content (AvgIpc) is 2.98. The van der Waals surface area contributed by atoms with Gasteiger partial charge in [0.1, 0.15) is 12.4 Å². The quantitative estimate of drug-likeness (QED) is 0.391. The number of carbonyl (C=O) groups is 3. The maximum absolute atomic E-state index is 12.9. The van der Waals surface area contributed by atoms with E-state index in [9.17, 15) is 34.0 Å². The molecule has 1 aliphatic heterocycles. The number of nitro benzene ring substituents is 1. The summed E-state index contributed by atoms with van der Waals surface area (Å²) in [6.45, 7) is -0.594. The number of ether oxygens (including phenoxy) is 1. The number of amides is 3. The number of halogens is 1. The molecule has 0 spiro atoms. The van der Waals surface area contributed by atoms with E-state index in [4.69, 9.17) is 4.74 Å². The molecule has 0 unspecified atom stereocenters. The second-order valence-electron chi connectivity index (χ2n) is 6.17. The molecule has 1 saturated heterocycles. The summed E-state index contributed by atoms with van der Waals surface area (Å²) in [5, 5.41) is 23.0.